The fourth-order valence-corrected chi connectivity index (χ4v) is 2.74. The third-order valence-corrected chi connectivity index (χ3v) is 4.16. The molecule has 0 spiro atoms. The van der Waals surface area contributed by atoms with Gasteiger partial charge in [0.15, 0.2) is 0 Å². The Balaban J connectivity index is 1.62. The van der Waals surface area contributed by atoms with Gasteiger partial charge in [-0.05, 0) is 48.3 Å². The second-order valence-corrected chi connectivity index (χ2v) is 5.74. The Kier molecular flexibility index (Phi) is 3.98. The Morgan fingerprint density at radius 1 is 0.684 bits per heavy atom. The molecule has 3 rings (SSSR count). The molecule has 0 amide bonds. The molecule has 98 valence electrons. The van der Waals surface area contributed by atoms with Crippen molar-refractivity contribution < 1.29 is 0 Å². The largest absolute Gasteiger partial charge is 0.0622 e. The standard InChI is InChI=1S/C19H22/c1-2-6-16(7-3-1)12-14-18-8-4-5-9-19(18)15-13-17-10-11-17/h1-9,17H,10-15H2. The Morgan fingerprint density at radius 3 is 2.00 bits per heavy atom. The minimum atomic E-state index is 1.03. The lowest BCUT2D eigenvalue weighted by atomic mass is 9.96. The van der Waals surface area contributed by atoms with Crippen molar-refractivity contribution in [1.29, 1.82) is 0 Å². The Hall–Kier alpha value is -1.56. The molecule has 0 unspecified atom stereocenters. The SMILES string of the molecule is c1ccc(CCc2ccccc2CCC2CC2)cc1. The van der Waals surface area contributed by atoms with E-state index in [4.69, 9.17) is 0 Å². The van der Waals surface area contributed by atoms with Crippen molar-refractivity contribution in [3.8, 4) is 0 Å². The van der Waals surface area contributed by atoms with Gasteiger partial charge >= 0.3 is 0 Å². The summed E-state index contributed by atoms with van der Waals surface area (Å²) in [5, 5.41) is 0. The topological polar surface area (TPSA) is 0 Å². The molecule has 0 heterocycles. The van der Waals surface area contributed by atoms with Crippen LogP contribution in [0, 0.1) is 5.92 Å². The third-order valence-electron chi connectivity index (χ3n) is 4.16. The molecule has 1 saturated carbocycles. The highest BCUT2D eigenvalue weighted by Crippen LogP contribution is 2.33. The summed E-state index contributed by atoms with van der Waals surface area (Å²) in [6, 6.07) is 19.8. The molecule has 0 nitrogen and oxygen atoms in total. The average Bonchev–Trinajstić information content (AvgIpc) is 3.29. The summed E-state index contributed by atoms with van der Waals surface area (Å²) >= 11 is 0. The summed E-state index contributed by atoms with van der Waals surface area (Å²) in [5.41, 5.74) is 4.57. The molecule has 0 atom stereocenters. The lowest BCUT2D eigenvalue weighted by Gasteiger charge is -2.09. The minimum Gasteiger partial charge on any atom is -0.0622 e. The number of rotatable bonds is 6. The number of hydrogen-bond acceptors (Lipinski definition) is 0. The molecule has 0 bridgehead atoms. The molecule has 0 aromatic heterocycles. The quantitative estimate of drug-likeness (QED) is 0.690. The van der Waals surface area contributed by atoms with E-state index in [9.17, 15) is 0 Å². The molecule has 0 heteroatoms. The van der Waals surface area contributed by atoms with E-state index in [0.717, 1.165) is 12.3 Å². The van der Waals surface area contributed by atoms with Gasteiger partial charge in [0.1, 0.15) is 0 Å². The fraction of sp³-hybridized carbons (Fsp3) is 0.368. The molecule has 2 aromatic rings. The molecule has 0 aliphatic heterocycles. The molecule has 1 aliphatic carbocycles. The second-order valence-electron chi connectivity index (χ2n) is 5.74. The van der Waals surface area contributed by atoms with Gasteiger partial charge in [-0.1, -0.05) is 67.4 Å². The van der Waals surface area contributed by atoms with Gasteiger partial charge < -0.3 is 0 Å². The first kappa shape index (κ1) is 12.5. The van der Waals surface area contributed by atoms with Crippen molar-refractivity contribution in [1.82, 2.24) is 0 Å². The molecule has 0 radical (unpaired) electrons. The van der Waals surface area contributed by atoms with Crippen molar-refractivity contribution in [2.24, 2.45) is 5.92 Å². The van der Waals surface area contributed by atoms with Crippen molar-refractivity contribution in [2.75, 3.05) is 0 Å². The Labute approximate surface area is 116 Å². The van der Waals surface area contributed by atoms with Crippen molar-refractivity contribution >= 4 is 0 Å². The van der Waals surface area contributed by atoms with Crippen molar-refractivity contribution in [3.63, 3.8) is 0 Å². The predicted octanol–water partition coefficient (Wildman–Crippen LogP) is 4.81. The van der Waals surface area contributed by atoms with Gasteiger partial charge in [0.2, 0.25) is 0 Å². The zero-order valence-electron chi connectivity index (χ0n) is 11.5. The molecular formula is C19H22. The Bertz CT molecular complexity index is 509. The minimum absolute atomic E-state index is 1.03. The maximum Gasteiger partial charge on any atom is -0.0236 e. The first-order valence-electron chi connectivity index (χ1n) is 7.52. The van der Waals surface area contributed by atoms with Gasteiger partial charge in [-0.2, -0.15) is 0 Å². The summed E-state index contributed by atoms with van der Waals surface area (Å²) < 4.78 is 0. The van der Waals surface area contributed by atoms with E-state index < -0.39 is 0 Å². The normalized spacial score (nSPS) is 14.5. The van der Waals surface area contributed by atoms with Crippen LogP contribution in [-0.4, -0.2) is 0 Å². The van der Waals surface area contributed by atoms with Gasteiger partial charge in [-0.25, -0.2) is 0 Å². The van der Waals surface area contributed by atoms with Gasteiger partial charge in [-0.15, -0.1) is 0 Å². The monoisotopic (exact) mass is 250 g/mol. The smallest absolute Gasteiger partial charge is 0.0236 e. The van der Waals surface area contributed by atoms with Crippen LogP contribution in [0.2, 0.25) is 0 Å². The highest BCUT2D eigenvalue weighted by atomic mass is 14.3. The molecule has 19 heavy (non-hydrogen) atoms. The number of benzene rings is 2. The summed E-state index contributed by atoms with van der Waals surface area (Å²) in [7, 11) is 0. The first-order chi connectivity index (χ1) is 9.42. The molecule has 2 aromatic carbocycles. The lowest BCUT2D eigenvalue weighted by molar-refractivity contribution is 0.720. The summed E-state index contributed by atoms with van der Waals surface area (Å²) in [6.45, 7) is 0. The zero-order chi connectivity index (χ0) is 12.9. The maximum atomic E-state index is 2.32. The van der Waals surface area contributed by atoms with Crippen molar-refractivity contribution in [3.05, 3.63) is 71.3 Å². The van der Waals surface area contributed by atoms with Crippen LogP contribution in [0.4, 0.5) is 0 Å². The molecule has 1 fully saturated rings. The Morgan fingerprint density at radius 2 is 1.32 bits per heavy atom. The summed E-state index contributed by atoms with van der Waals surface area (Å²) in [6.07, 6.45) is 7.92. The van der Waals surface area contributed by atoms with E-state index in [2.05, 4.69) is 54.6 Å². The van der Waals surface area contributed by atoms with Crippen LogP contribution >= 0.6 is 0 Å². The van der Waals surface area contributed by atoms with E-state index in [0.29, 0.717) is 0 Å². The molecule has 1 aliphatic rings. The molecule has 0 N–H and O–H groups in total. The van der Waals surface area contributed by atoms with Crippen LogP contribution in [0.15, 0.2) is 54.6 Å². The van der Waals surface area contributed by atoms with Crippen LogP contribution in [-0.2, 0) is 19.3 Å². The van der Waals surface area contributed by atoms with E-state index in [1.165, 1.54) is 37.7 Å². The average molecular weight is 250 g/mol. The van der Waals surface area contributed by atoms with E-state index >= 15 is 0 Å². The highest BCUT2D eigenvalue weighted by Gasteiger charge is 2.20. The number of hydrogen-bond donors (Lipinski definition) is 0. The van der Waals surface area contributed by atoms with Crippen molar-refractivity contribution in [2.45, 2.75) is 38.5 Å². The maximum absolute atomic E-state index is 2.32. The van der Waals surface area contributed by atoms with Gasteiger partial charge in [0, 0.05) is 0 Å². The zero-order valence-corrected chi connectivity index (χ0v) is 11.5. The summed E-state index contributed by atoms with van der Waals surface area (Å²) in [4.78, 5) is 0. The van der Waals surface area contributed by atoms with Crippen LogP contribution in [0.5, 0.6) is 0 Å². The van der Waals surface area contributed by atoms with Gasteiger partial charge in [0.05, 0.1) is 0 Å². The van der Waals surface area contributed by atoms with Crippen LogP contribution in [0.25, 0.3) is 0 Å². The molecular weight excluding hydrogens is 228 g/mol. The highest BCUT2D eigenvalue weighted by molar-refractivity contribution is 5.29. The lowest BCUT2D eigenvalue weighted by Crippen LogP contribution is -1.98. The third kappa shape index (κ3) is 3.70. The second kappa shape index (κ2) is 6.06. The van der Waals surface area contributed by atoms with E-state index in [1.54, 1.807) is 11.1 Å². The van der Waals surface area contributed by atoms with Crippen LogP contribution in [0.3, 0.4) is 0 Å². The predicted molar refractivity (Wildman–Crippen MR) is 81.3 cm³/mol. The van der Waals surface area contributed by atoms with Gasteiger partial charge in [0.25, 0.3) is 0 Å². The fourth-order valence-electron chi connectivity index (χ4n) is 2.74. The number of aryl methyl sites for hydroxylation is 3. The first-order valence-corrected chi connectivity index (χ1v) is 7.52. The van der Waals surface area contributed by atoms with Gasteiger partial charge in [-0.3, -0.25) is 0 Å². The summed E-state index contributed by atoms with van der Waals surface area (Å²) in [5.74, 6) is 1.03. The van der Waals surface area contributed by atoms with E-state index in [-0.39, 0.29) is 0 Å². The van der Waals surface area contributed by atoms with Crippen LogP contribution < -0.4 is 0 Å². The molecule has 0 saturated heterocycles. The van der Waals surface area contributed by atoms with Crippen LogP contribution in [0.1, 0.15) is 36.0 Å². The van der Waals surface area contributed by atoms with E-state index in [1.807, 2.05) is 0 Å².